The van der Waals surface area contributed by atoms with Gasteiger partial charge in [-0.2, -0.15) is 0 Å². The van der Waals surface area contributed by atoms with Gasteiger partial charge in [-0.05, 0) is 0 Å². The van der Waals surface area contributed by atoms with Gasteiger partial charge < -0.3 is 0 Å². The third-order valence-corrected chi connectivity index (χ3v) is 7.75. The summed E-state index contributed by atoms with van der Waals surface area (Å²) in [6, 6.07) is 6.09. The fourth-order valence-corrected chi connectivity index (χ4v) is 5.66. The van der Waals surface area contributed by atoms with Crippen molar-refractivity contribution in [3.63, 3.8) is 0 Å². The maximum absolute atomic E-state index is 14.8. The molecule has 0 aliphatic heterocycles. The molecule has 2 aromatic rings. The molecule has 21 heavy (non-hydrogen) atoms. The van der Waals surface area contributed by atoms with E-state index in [0.29, 0.717) is 5.69 Å². The van der Waals surface area contributed by atoms with Crippen LogP contribution in [0.3, 0.4) is 0 Å². The van der Waals surface area contributed by atoms with Crippen molar-refractivity contribution < 1.29 is 9.87 Å². The number of nitrogens with zero attached hydrogens (tertiary/aromatic N) is 1. The third kappa shape index (κ3) is 3.37. The van der Waals surface area contributed by atoms with Gasteiger partial charge in [0.2, 0.25) is 0 Å². The second-order valence-electron chi connectivity index (χ2n) is 6.53. The van der Waals surface area contributed by atoms with Gasteiger partial charge in [0.05, 0.1) is 0 Å². The summed E-state index contributed by atoms with van der Waals surface area (Å²) >= 11 is -2.26. The van der Waals surface area contributed by atoms with Crippen LogP contribution in [0.1, 0.15) is 36.4 Å². The zero-order valence-corrected chi connectivity index (χ0v) is 15.3. The van der Waals surface area contributed by atoms with E-state index in [0.717, 1.165) is 9.96 Å². The van der Waals surface area contributed by atoms with Gasteiger partial charge in [-0.15, -0.1) is 0 Å². The van der Waals surface area contributed by atoms with Crippen LogP contribution in [-0.2, 0) is 0 Å². The van der Waals surface area contributed by atoms with Crippen LogP contribution < -0.4 is 4.40 Å². The third-order valence-electron chi connectivity index (χ3n) is 3.53. The van der Waals surface area contributed by atoms with Crippen LogP contribution in [-0.4, -0.2) is 18.3 Å². The Morgan fingerprint density at radius 2 is 2.00 bits per heavy atom. The molecule has 0 aliphatic carbocycles. The predicted octanol–water partition coefficient (Wildman–Crippen LogP) is 4.86. The van der Waals surface area contributed by atoms with E-state index in [1.165, 1.54) is 18.2 Å². The fourth-order valence-electron chi connectivity index (χ4n) is 2.34. The first-order valence-corrected chi connectivity index (χ1v) is 14.4. The van der Waals surface area contributed by atoms with Crippen molar-refractivity contribution in [1.29, 1.82) is 0 Å². The van der Waals surface area contributed by atoms with Crippen LogP contribution in [0.15, 0.2) is 30.5 Å². The molecule has 0 aliphatic rings. The minimum absolute atomic E-state index is 0.159. The Labute approximate surface area is 135 Å². The molecular weight excluding hydrogens is 322 g/mol. The van der Waals surface area contributed by atoms with Crippen molar-refractivity contribution in [3.8, 4) is 11.3 Å². The van der Waals surface area contributed by atoms with Crippen LogP contribution >= 0.6 is 0 Å². The number of hydrogen-bond acceptors (Lipinski definition) is 1. The van der Waals surface area contributed by atoms with E-state index >= 15 is 0 Å². The molecule has 0 amide bonds. The number of rotatable bonds is 3. The van der Waals surface area contributed by atoms with E-state index in [2.05, 4.69) is 22.3 Å². The molecule has 1 heterocycles. The van der Waals surface area contributed by atoms with Gasteiger partial charge >= 0.3 is 135 Å². The number of pyridine rings is 1. The van der Waals surface area contributed by atoms with Crippen molar-refractivity contribution in [2.45, 2.75) is 43.9 Å². The Morgan fingerprint density at radius 1 is 1.29 bits per heavy atom. The molecule has 0 fully saturated rings. The first kappa shape index (κ1) is 11.4. The summed E-state index contributed by atoms with van der Waals surface area (Å²) in [5, 5.41) is 0. The summed E-state index contributed by atoms with van der Waals surface area (Å²) < 4.78 is 46.8. The predicted molar refractivity (Wildman–Crippen MR) is 91.4 cm³/mol. The van der Waals surface area contributed by atoms with Gasteiger partial charge in [0.1, 0.15) is 0 Å². The minimum atomic E-state index is -2.52. The molecule has 1 aromatic carbocycles. The van der Waals surface area contributed by atoms with Gasteiger partial charge in [0, 0.05) is 0 Å². The van der Waals surface area contributed by atoms with Crippen molar-refractivity contribution in [2.24, 2.45) is 0 Å². The van der Waals surface area contributed by atoms with E-state index in [-0.39, 0.29) is 11.1 Å². The summed E-state index contributed by atoms with van der Waals surface area (Å²) in [5.41, 5.74) is 1.06. The number of hydrogen-bond donors (Lipinski definition) is 0. The molecule has 1 aromatic heterocycles. The topological polar surface area (TPSA) is 12.9 Å². The van der Waals surface area contributed by atoms with Gasteiger partial charge in [0.25, 0.3) is 0 Å². The molecule has 0 saturated heterocycles. The Bertz CT molecular complexity index is 789. The molecule has 2 rings (SSSR count). The van der Waals surface area contributed by atoms with Crippen LogP contribution in [0.25, 0.3) is 11.3 Å². The van der Waals surface area contributed by atoms with E-state index in [9.17, 15) is 4.39 Å². The molecule has 0 saturated carbocycles. The van der Waals surface area contributed by atoms with E-state index in [1.807, 2.05) is 0 Å². The second kappa shape index (κ2) is 5.92. The first-order chi connectivity index (χ1) is 11.2. The second-order valence-corrected chi connectivity index (χ2v) is 17.1. The summed E-state index contributed by atoms with van der Waals surface area (Å²) in [4.78, 5) is 4.41. The SMILES string of the molecule is [2H]C([2H])([2H])c1cccc(-c2cc(C([2H])(C)C)[c]([Ge]([CH3])([CH3])[CH3])cn2)c1F. The van der Waals surface area contributed by atoms with E-state index in [4.69, 9.17) is 5.48 Å². The van der Waals surface area contributed by atoms with Gasteiger partial charge in [0.15, 0.2) is 0 Å². The maximum atomic E-state index is 14.8. The summed E-state index contributed by atoms with van der Waals surface area (Å²) in [7, 11) is 0. The quantitative estimate of drug-likeness (QED) is 0.721. The van der Waals surface area contributed by atoms with E-state index in [1.54, 1.807) is 26.1 Å². The van der Waals surface area contributed by atoms with E-state index < -0.39 is 31.8 Å². The monoisotopic (exact) mass is 351 g/mol. The average Bonchev–Trinajstić information content (AvgIpc) is 2.43. The molecule has 3 heteroatoms. The molecular formula is C18H24FGeN. The molecule has 0 radical (unpaired) electrons. The fraction of sp³-hybridized carbons (Fsp3) is 0.389. The summed E-state index contributed by atoms with van der Waals surface area (Å²) in [5.74, 6) is 5.06. The van der Waals surface area contributed by atoms with Crippen molar-refractivity contribution in [1.82, 2.24) is 4.98 Å². The number of aromatic nitrogens is 1. The zero-order chi connectivity index (χ0) is 19.2. The molecule has 0 spiro atoms. The molecule has 112 valence electrons. The molecule has 0 N–H and O–H groups in total. The van der Waals surface area contributed by atoms with Gasteiger partial charge in [-0.1, -0.05) is 0 Å². The van der Waals surface area contributed by atoms with Gasteiger partial charge in [-0.3, -0.25) is 0 Å². The molecule has 0 unspecified atom stereocenters. The average molecular weight is 350 g/mol. The number of aryl methyl sites for hydroxylation is 1. The molecule has 0 atom stereocenters. The number of halogens is 1. The number of benzene rings is 1. The van der Waals surface area contributed by atoms with Crippen LogP contribution in [0.5, 0.6) is 0 Å². The normalized spacial score (nSPS) is 15.9. The standard InChI is InChI=1S/C18H24FGeN/c1-12(2)15-10-17(21-11-16(15)20(4,5)6)14-9-7-8-13(3)18(14)19/h7-12H,1-6H3/i3D3,12D. The van der Waals surface area contributed by atoms with Crippen LogP contribution in [0, 0.1) is 12.7 Å². The Morgan fingerprint density at radius 3 is 2.57 bits per heavy atom. The Balaban J connectivity index is 2.71. The van der Waals surface area contributed by atoms with Gasteiger partial charge in [-0.25, -0.2) is 0 Å². The Hall–Kier alpha value is -1.16. The zero-order valence-electron chi connectivity index (χ0n) is 17.2. The van der Waals surface area contributed by atoms with Crippen molar-refractivity contribution >= 4 is 17.7 Å². The molecule has 1 nitrogen and oxygen atoms in total. The Kier molecular flexibility index (Phi) is 3.22. The summed E-state index contributed by atoms with van der Waals surface area (Å²) in [6.45, 7) is 1.09. The van der Waals surface area contributed by atoms with Crippen LogP contribution in [0.2, 0.25) is 17.3 Å². The summed E-state index contributed by atoms with van der Waals surface area (Å²) in [6.07, 6.45) is 1.75. The first-order valence-electron chi connectivity index (χ1n) is 9.03. The molecule has 0 bridgehead atoms. The van der Waals surface area contributed by atoms with Crippen molar-refractivity contribution in [3.05, 3.63) is 47.4 Å². The van der Waals surface area contributed by atoms with Crippen LogP contribution in [0.4, 0.5) is 4.39 Å². The van der Waals surface area contributed by atoms with Crippen molar-refractivity contribution in [2.75, 3.05) is 0 Å².